The van der Waals surface area contributed by atoms with E-state index in [1.807, 2.05) is 66.7 Å². The minimum Gasteiger partial charge on any atom is -0.340 e. The van der Waals surface area contributed by atoms with Crippen LogP contribution in [0.4, 0.5) is 0 Å². The fourth-order valence-corrected chi connectivity index (χ4v) is 4.32. The highest BCUT2D eigenvalue weighted by molar-refractivity contribution is 7.21. The summed E-state index contributed by atoms with van der Waals surface area (Å²) in [4.78, 5) is 33.7. The first kappa shape index (κ1) is 19.1. The Morgan fingerprint density at radius 1 is 1.07 bits per heavy atom. The third-order valence-electron chi connectivity index (χ3n) is 4.88. The first-order chi connectivity index (χ1) is 14.0. The van der Waals surface area contributed by atoms with Crippen LogP contribution < -0.4 is 5.56 Å². The molecule has 0 fully saturated rings. The zero-order valence-corrected chi connectivity index (χ0v) is 17.1. The van der Waals surface area contributed by atoms with Crippen molar-refractivity contribution in [1.82, 2.24) is 14.5 Å². The quantitative estimate of drug-likeness (QED) is 0.504. The molecular formula is C23H21N3O2S. The number of hydrogen-bond donors (Lipinski definition) is 0. The van der Waals surface area contributed by atoms with E-state index in [4.69, 9.17) is 0 Å². The number of amides is 1. The van der Waals surface area contributed by atoms with Gasteiger partial charge in [-0.15, -0.1) is 11.3 Å². The average Bonchev–Trinajstić information content (AvgIpc) is 3.16. The summed E-state index contributed by atoms with van der Waals surface area (Å²) in [7, 11) is 1.75. The standard InChI is InChI=1S/C23H21N3O2S/c1-16-24-22-19(13-20(29-22)18-11-7-4-8-12-18)23(28)26(16)15-21(27)25(2)14-17-9-5-3-6-10-17/h3-13H,14-15H2,1-2H3. The van der Waals surface area contributed by atoms with Crippen LogP contribution in [0.3, 0.4) is 0 Å². The van der Waals surface area contributed by atoms with Gasteiger partial charge >= 0.3 is 0 Å². The number of thiophene rings is 1. The maximum absolute atomic E-state index is 13.1. The molecule has 0 aliphatic rings. The summed E-state index contributed by atoms with van der Waals surface area (Å²) in [5, 5.41) is 0.554. The van der Waals surface area contributed by atoms with E-state index in [0.29, 0.717) is 22.6 Å². The van der Waals surface area contributed by atoms with Crippen molar-refractivity contribution in [2.45, 2.75) is 20.0 Å². The number of aromatic nitrogens is 2. The Bertz CT molecular complexity index is 1210. The molecule has 0 atom stereocenters. The van der Waals surface area contributed by atoms with Crippen molar-refractivity contribution in [3.63, 3.8) is 0 Å². The van der Waals surface area contributed by atoms with E-state index in [2.05, 4.69) is 4.98 Å². The van der Waals surface area contributed by atoms with Crippen LogP contribution in [0.25, 0.3) is 20.7 Å². The van der Waals surface area contributed by atoms with Crippen molar-refractivity contribution >= 4 is 27.5 Å². The number of likely N-dealkylation sites (N-methyl/N-ethyl adjacent to an activating group) is 1. The lowest BCUT2D eigenvalue weighted by atomic mass is 10.2. The molecule has 0 bridgehead atoms. The van der Waals surface area contributed by atoms with E-state index in [-0.39, 0.29) is 18.0 Å². The van der Waals surface area contributed by atoms with Gasteiger partial charge in [-0.3, -0.25) is 14.2 Å². The number of carbonyl (C=O) groups is 1. The zero-order valence-electron chi connectivity index (χ0n) is 16.3. The number of hydrogen-bond acceptors (Lipinski definition) is 4. The molecule has 0 aliphatic heterocycles. The van der Waals surface area contributed by atoms with Crippen LogP contribution in [0, 0.1) is 6.92 Å². The van der Waals surface area contributed by atoms with E-state index in [9.17, 15) is 9.59 Å². The van der Waals surface area contributed by atoms with Gasteiger partial charge in [-0.05, 0) is 24.1 Å². The fourth-order valence-electron chi connectivity index (χ4n) is 3.25. The van der Waals surface area contributed by atoms with Gasteiger partial charge in [0.1, 0.15) is 17.2 Å². The molecule has 0 N–H and O–H groups in total. The summed E-state index contributed by atoms with van der Waals surface area (Å²) in [6.07, 6.45) is 0. The number of rotatable bonds is 5. The highest BCUT2D eigenvalue weighted by Crippen LogP contribution is 2.30. The molecule has 2 aromatic heterocycles. The van der Waals surface area contributed by atoms with E-state index in [1.165, 1.54) is 15.9 Å². The van der Waals surface area contributed by atoms with Gasteiger partial charge in [0, 0.05) is 18.5 Å². The Morgan fingerprint density at radius 2 is 1.72 bits per heavy atom. The first-order valence-electron chi connectivity index (χ1n) is 9.37. The summed E-state index contributed by atoms with van der Waals surface area (Å²) >= 11 is 1.49. The zero-order chi connectivity index (χ0) is 20.4. The lowest BCUT2D eigenvalue weighted by Crippen LogP contribution is -2.34. The van der Waals surface area contributed by atoms with E-state index in [1.54, 1.807) is 18.9 Å². The number of benzene rings is 2. The summed E-state index contributed by atoms with van der Waals surface area (Å²) < 4.78 is 1.47. The number of aryl methyl sites for hydroxylation is 1. The van der Waals surface area contributed by atoms with Crippen molar-refractivity contribution < 1.29 is 4.79 Å². The lowest BCUT2D eigenvalue weighted by molar-refractivity contribution is -0.131. The van der Waals surface area contributed by atoms with E-state index < -0.39 is 0 Å². The van der Waals surface area contributed by atoms with Gasteiger partial charge in [-0.1, -0.05) is 60.7 Å². The normalized spacial score (nSPS) is 11.0. The number of nitrogens with zero attached hydrogens (tertiary/aromatic N) is 3. The van der Waals surface area contributed by atoms with Crippen LogP contribution in [-0.2, 0) is 17.9 Å². The maximum Gasteiger partial charge on any atom is 0.262 e. The Balaban J connectivity index is 1.62. The third-order valence-corrected chi connectivity index (χ3v) is 5.96. The van der Waals surface area contributed by atoms with Gasteiger partial charge in [0.05, 0.1) is 5.39 Å². The van der Waals surface area contributed by atoms with Crippen molar-refractivity contribution in [3.8, 4) is 10.4 Å². The molecule has 4 rings (SSSR count). The molecule has 2 heterocycles. The second-order valence-electron chi connectivity index (χ2n) is 6.98. The molecule has 146 valence electrons. The van der Waals surface area contributed by atoms with Crippen molar-refractivity contribution in [2.24, 2.45) is 0 Å². The highest BCUT2D eigenvalue weighted by atomic mass is 32.1. The summed E-state index contributed by atoms with van der Waals surface area (Å²) in [5.74, 6) is 0.420. The van der Waals surface area contributed by atoms with E-state index in [0.717, 1.165) is 16.0 Å². The Labute approximate surface area is 172 Å². The van der Waals surface area contributed by atoms with Gasteiger partial charge in [0.25, 0.3) is 5.56 Å². The van der Waals surface area contributed by atoms with Crippen LogP contribution in [-0.4, -0.2) is 27.4 Å². The average molecular weight is 404 g/mol. The molecule has 2 aromatic carbocycles. The van der Waals surface area contributed by atoms with Crippen molar-refractivity contribution in [2.75, 3.05) is 7.05 Å². The molecule has 0 saturated carbocycles. The van der Waals surface area contributed by atoms with Crippen LogP contribution in [0.2, 0.25) is 0 Å². The summed E-state index contributed by atoms with van der Waals surface area (Å²) in [5.41, 5.74) is 1.93. The molecule has 1 amide bonds. The van der Waals surface area contributed by atoms with E-state index >= 15 is 0 Å². The Morgan fingerprint density at radius 3 is 2.41 bits per heavy atom. The molecule has 6 heteroatoms. The minimum absolute atomic E-state index is 0.0204. The largest absolute Gasteiger partial charge is 0.340 e. The van der Waals surface area contributed by atoms with Gasteiger partial charge < -0.3 is 4.90 Å². The predicted octanol–water partition coefficient (Wildman–Crippen LogP) is 4.09. The highest BCUT2D eigenvalue weighted by Gasteiger charge is 2.17. The molecular weight excluding hydrogens is 382 g/mol. The second-order valence-corrected chi connectivity index (χ2v) is 8.01. The number of carbonyl (C=O) groups excluding carboxylic acids is 1. The predicted molar refractivity (Wildman–Crippen MR) is 117 cm³/mol. The molecule has 0 aliphatic carbocycles. The molecule has 29 heavy (non-hydrogen) atoms. The van der Waals surface area contributed by atoms with Gasteiger partial charge in [-0.25, -0.2) is 4.98 Å². The Hall–Kier alpha value is -3.25. The topological polar surface area (TPSA) is 55.2 Å². The Kier molecular flexibility index (Phi) is 5.27. The SMILES string of the molecule is Cc1nc2sc(-c3ccccc3)cc2c(=O)n1CC(=O)N(C)Cc1ccccc1. The molecule has 0 unspecified atom stereocenters. The van der Waals surface area contributed by atoms with Crippen LogP contribution in [0.15, 0.2) is 71.5 Å². The monoisotopic (exact) mass is 403 g/mol. The van der Waals surface area contributed by atoms with Crippen molar-refractivity contribution in [1.29, 1.82) is 0 Å². The third kappa shape index (κ3) is 3.98. The lowest BCUT2D eigenvalue weighted by Gasteiger charge is -2.18. The molecule has 5 nitrogen and oxygen atoms in total. The molecule has 4 aromatic rings. The minimum atomic E-state index is -0.174. The van der Waals surface area contributed by atoms with Crippen LogP contribution in [0.1, 0.15) is 11.4 Å². The van der Waals surface area contributed by atoms with Crippen molar-refractivity contribution in [3.05, 3.63) is 88.5 Å². The molecule has 0 spiro atoms. The van der Waals surface area contributed by atoms with Gasteiger partial charge in [-0.2, -0.15) is 0 Å². The summed E-state index contributed by atoms with van der Waals surface area (Å²) in [6, 6.07) is 21.6. The second kappa shape index (κ2) is 8.01. The molecule has 0 radical (unpaired) electrons. The molecule has 0 saturated heterocycles. The maximum atomic E-state index is 13.1. The smallest absolute Gasteiger partial charge is 0.262 e. The van der Waals surface area contributed by atoms with Crippen LogP contribution in [0.5, 0.6) is 0 Å². The fraction of sp³-hybridized carbons (Fsp3) is 0.174. The van der Waals surface area contributed by atoms with Gasteiger partial charge in [0.2, 0.25) is 5.91 Å². The summed E-state index contributed by atoms with van der Waals surface area (Å²) in [6.45, 7) is 2.25. The first-order valence-corrected chi connectivity index (χ1v) is 10.2. The number of fused-ring (bicyclic) bond motifs is 1. The van der Waals surface area contributed by atoms with Crippen LogP contribution >= 0.6 is 11.3 Å². The van der Waals surface area contributed by atoms with Gasteiger partial charge in [0.15, 0.2) is 0 Å².